The Morgan fingerprint density at radius 1 is 1.60 bits per heavy atom. The molecule has 1 unspecified atom stereocenters. The Bertz CT molecular complexity index is 147. The highest BCUT2D eigenvalue weighted by molar-refractivity contribution is 5.07. The number of allylic oxidation sites excluding steroid dienone is 2. The number of nitrogens with two attached hydrogens (primary N) is 1. The van der Waals surface area contributed by atoms with Crippen molar-refractivity contribution in [3.05, 3.63) is 24.3 Å². The van der Waals surface area contributed by atoms with Gasteiger partial charge in [-0.1, -0.05) is 24.3 Å². The molecule has 0 saturated heterocycles. The van der Waals surface area contributed by atoms with Gasteiger partial charge in [0.05, 0.1) is 0 Å². The average Bonchev–Trinajstić information content (AvgIpc) is 2.05. The van der Waals surface area contributed by atoms with E-state index < -0.39 is 0 Å². The molecule has 1 heteroatoms. The van der Waals surface area contributed by atoms with Crippen molar-refractivity contribution in [2.24, 2.45) is 11.7 Å². The first-order valence-electron chi connectivity index (χ1n) is 3.87. The van der Waals surface area contributed by atoms with Crippen LogP contribution in [0.3, 0.4) is 0 Å². The van der Waals surface area contributed by atoms with Gasteiger partial charge in [0, 0.05) is 6.54 Å². The lowest BCUT2D eigenvalue weighted by Gasteiger charge is -2.18. The van der Waals surface area contributed by atoms with Crippen LogP contribution in [0, 0.1) is 5.92 Å². The monoisotopic (exact) mass is 137 g/mol. The zero-order valence-electron chi connectivity index (χ0n) is 6.34. The summed E-state index contributed by atoms with van der Waals surface area (Å²) >= 11 is 0. The van der Waals surface area contributed by atoms with Gasteiger partial charge in [0.25, 0.3) is 0 Å². The summed E-state index contributed by atoms with van der Waals surface area (Å²) < 4.78 is 0. The number of hydrogen-bond acceptors (Lipinski definition) is 1. The second kappa shape index (κ2) is 3.57. The zero-order chi connectivity index (χ0) is 7.40. The van der Waals surface area contributed by atoms with Crippen molar-refractivity contribution >= 4 is 0 Å². The van der Waals surface area contributed by atoms with Gasteiger partial charge in [0.1, 0.15) is 0 Å². The van der Waals surface area contributed by atoms with E-state index in [2.05, 4.69) is 18.7 Å². The predicted octanol–water partition coefficient (Wildman–Crippen LogP) is 1.86. The second-order valence-electron chi connectivity index (χ2n) is 2.84. The third kappa shape index (κ3) is 1.71. The smallest absolute Gasteiger partial charge is 0.0137 e. The van der Waals surface area contributed by atoms with E-state index in [9.17, 15) is 0 Å². The van der Waals surface area contributed by atoms with Crippen LogP contribution in [0.1, 0.15) is 19.3 Å². The maximum Gasteiger partial charge on any atom is 0.0137 e. The van der Waals surface area contributed by atoms with Crippen LogP contribution in [-0.4, -0.2) is 6.54 Å². The molecule has 0 aromatic carbocycles. The molecule has 0 fully saturated rings. The fourth-order valence-electron chi connectivity index (χ4n) is 1.33. The summed E-state index contributed by atoms with van der Waals surface area (Å²) in [7, 11) is 0. The molecule has 1 aliphatic rings. The Labute approximate surface area is 62.6 Å². The van der Waals surface area contributed by atoms with Crippen LogP contribution in [0.5, 0.6) is 0 Å². The minimum Gasteiger partial charge on any atom is -0.327 e. The maximum atomic E-state index is 5.48. The highest BCUT2D eigenvalue weighted by atomic mass is 14.5. The first-order valence-corrected chi connectivity index (χ1v) is 3.87. The molecule has 0 aromatic rings. The molecule has 56 valence electrons. The lowest BCUT2D eigenvalue weighted by Crippen LogP contribution is -2.13. The third-order valence-corrected chi connectivity index (χ3v) is 2.11. The molecule has 0 radical (unpaired) electrons. The Kier molecular flexibility index (Phi) is 2.69. The van der Waals surface area contributed by atoms with Crippen LogP contribution in [-0.2, 0) is 0 Å². The molecule has 1 rings (SSSR count). The Morgan fingerprint density at radius 3 is 2.90 bits per heavy atom. The van der Waals surface area contributed by atoms with Crippen LogP contribution in [0.4, 0.5) is 0 Å². The summed E-state index contributed by atoms with van der Waals surface area (Å²) in [4.78, 5) is 0. The predicted molar refractivity (Wildman–Crippen MR) is 44.7 cm³/mol. The van der Waals surface area contributed by atoms with E-state index in [4.69, 9.17) is 5.73 Å². The highest BCUT2D eigenvalue weighted by Gasteiger charge is 2.11. The Hall–Kier alpha value is -0.560. The lowest BCUT2D eigenvalue weighted by atomic mass is 9.88. The average molecular weight is 137 g/mol. The highest BCUT2D eigenvalue weighted by Crippen LogP contribution is 2.23. The molecule has 0 amide bonds. The van der Waals surface area contributed by atoms with Gasteiger partial charge >= 0.3 is 0 Å². The van der Waals surface area contributed by atoms with Gasteiger partial charge in [0.15, 0.2) is 0 Å². The summed E-state index contributed by atoms with van der Waals surface area (Å²) in [6, 6.07) is 0. The Balaban J connectivity index is 2.41. The normalized spacial score (nSPS) is 24.7. The van der Waals surface area contributed by atoms with E-state index >= 15 is 0 Å². The maximum absolute atomic E-state index is 5.48. The molecule has 2 N–H and O–H groups in total. The van der Waals surface area contributed by atoms with Crippen LogP contribution in [0.15, 0.2) is 24.3 Å². The largest absolute Gasteiger partial charge is 0.327 e. The summed E-state index contributed by atoms with van der Waals surface area (Å²) in [5.41, 5.74) is 6.69. The second-order valence-corrected chi connectivity index (χ2v) is 2.84. The molecular weight excluding hydrogens is 122 g/mol. The molecule has 1 atom stereocenters. The Morgan fingerprint density at radius 2 is 2.40 bits per heavy atom. The molecule has 0 spiro atoms. The van der Waals surface area contributed by atoms with E-state index in [1.807, 2.05) is 0 Å². The first kappa shape index (κ1) is 7.55. The van der Waals surface area contributed by atoms with Gasteiger partial charge in [-0.25, -0.2) is 0 Å². The minimum atomic E-state index is 0.651. The van der Waals surface area contributed by atoms with Gasteiger partial charge in [0.2, 0.25) is 0 Å². The van der Waals surface area contributed by atoms with Crippen molar-refractivity contribution in [1.29, 1.82) is 0 Å². The molecular formula is C9H15N. The number of hydrogen-bond donors (Lipinski definition) is 1. The molecule has 10 heavy (non-hydrogen) atoms. The molecule has 1 aliphatic carbocycles. The van der Waals surface area contributed by atoms with Gasteiger partial charge in [-0.05, 0) is 25.2 Å². The van der Waals surface area contributed by atoms with Gasteiger partial charge in [-0.15, -0.1) is 0 Å². The number of rotatable bonds is 2. The molecule has 0 aliphatic heterocycles. The fraction of sp³-hybridized carbons (Fsp3) is 0.556. The van der Waals surface area contributed by atoms with Crippen LogP contribution in [0.2, 0.25) is 0 Å². The van der Waals surface area contributed by atoms with Gasteiger partial charge in [-0.3, -0.25) is 0 Å². The van der Waals surface area contributed by atoms with Crippen molar-refractivity contribution in [1.82, 2.24) is 0 Å². The summed E-state index contributed by atoms with van der Waals surface area (Å²) in [6.45, 7) is 4.59. The SMILES string of the molecule is C=C(CN)C1CC=CCC1. The van der Waals surface area contributed by atoms with Gasteiger partial charge < -0.3 is 5.73 Å². The summed E-state index contributed by atoms with van der Waals surface area (Å²) in [5, 5.41) is 0. The molecule has 1 nitrogen and oxygen atoms in total. The van der Waals surface area contributed by atoms with E-state index in [0.717, 1.165) is 6.42 Å². The van der Waals surface area contributed by atoms with Crippen molar-refractivity contribution < 1.29 is 0 Å². The summed E-state index contributed by atoms with van der Waals surface area (Å²) in [5.74, 6) is 0.662. The van der Waals surface area contributed by atoms with Crippen molar-refractivity contribution in [2.75, 3.05) is 6.54 Å². The quantitative estimate of drug-likeness (QED) is 0.577. The standard InChI is InChI=1S/C9H15N/c1-8(7-10)9-5-3-2-4-6-9/h2-3,9H,1,4-7,10H2. The molecule has 0 aromatic heterocycles. The molecule has 0 bridgehead atoms. The van der Waals surface area contributed by atoms with Crippen LogP contribution < -0.4 is 5.73 Å². The first-order chi connectivity index (χ1) is 4.84. The fourth-order valence-corrected chi connectivity index (χ4v) is 1.33. The van der Waals surface area contributed by atoms with E-state index in [-0.39, 0.29) is 0 Å². The van der Waals surface area contributed by atoms with Crippen molar-refractivity contribution in [3.8, 4) is 0 Å². The zero-order valence-corrected chi connectivity index (χ0v) is 6.34. The summed E-state index contributed by atoms with van der Waals surface area (Å²) in [6.07, 6.45) is 8.06. The van der Waals surface area contributed by atoms with E-state index in [0.29, 0.717) is 12.5 Å². The van der Waals surface area contributed by atoms with Crippen molar-refractivity contribution in [3.63, 3.8) is 0 Å². The molecule has 0 saturated carbocycles. The van der Waals surface area contributed by atoms with E-state index in [1.165, 1.54) is 18.4 Å². The third-order valence-electron chi connectivity index (χ3n) is 2.11. The topological polar surface area (TPSA) is 26.0 Å². The molecule has 0 heterocycles. The minimum absolute atomic E-state index is 0.651. The van der Waals surface area contributed by atoms with Gasteiger partial charge in [-0.2, -0.15) is 0 Å². The van der Waals surface area contributed by atoms with Crippen molar-refractivity contribution in [2.45, 2.75) is 19.3 Å². The van der Waals surface area contributed by atoms with Crippen LogP contribution >= 0.6 is 0 Å². The van der Waals surface area contributed by atoms with E-state index in [1.54, 1.807) is 0 Å². The lowest BCUT2D eigenvalue weighted by molar-refractivity contribution is 0.547. The van der Waals surface area contributed by atoms with Crippen LogP contribution in [0.25, 0.3) is 0 Å².